The molecule has 3 aliphatic rings. The van der Waals surface area contributed by atoms with Crippen LogP contribution in [-0.4, -0.2) is 39.9 Å². The topological polar surface area (TPSA) is 58.1 Å². The van der Waals surface area contributed by atoms with E-state index in [0.717, 1.165) is 36.0 Å². The van der Waals surface area contributed by atoms with Crippen molar-refractivity contribution in [3.8, 4) is 0 Å². The fourth-order valence-electron chi connectivity index (χ4n) is 5.24. The van der Waals surface area contributed by atoms with Crippen LogP contribution in [0.25, 0.3) is 10.9 Å². The third-order valence-electron chi connectivity index (χ3n) is 6.80. The molecule has 3 aliphatic heterocycles. The second kappa shape index (κ2) is 8.40. The summed E-state index contributed by atoms with van der Waals surface area (Å²) in [4.78, 5) is 24.5. The third-order valence-corrected chi connectivity index (χ3v) is 7.03. The van der Waals surface area contributed by atoms with Crippen LogP contribution in [0.5, 0.6) is 0 Å². The Kier molecular flexibility index (Phi) is 5.47. The van der Waals surface area contributed by atoms with Gasteiger partial charge in [-0.2, -0.15) is 0 Å². The van der Waals surface area contributed by atoms with E-state index < -0.39 is 0 Å². The predicted octanol–water partition coefficient (Wildman–Crippen LogP) is 4.65. The Balaban J connectivity index is 1.54. The lowest BCUT2D eigenvalue weighted by Crippen LogP contribution is -2.57. The van der Waals surface area contributed by atoms with Crippen LogP contribution in [0, 0.1) is 11.8 Å². The van der Waals surface area contributed by atoms with Crippen LogP contribution < -0.4 is 5.32 Å². The van der Waals surface area contributed by atoms with Crippen molar-refractivity contribution < 1.29 is 4.79 Å². The molecule has 1 N–H and O–H groups in total. The van der Waals surface area contributed by atoms with Gasteiger partial charge >= 0.3 is 0 Å². The molecule has 0 spiro atoms. The van der Waals surface area contributed by atoms with Gasteiger partial charge < -0.3 is 5.32 Å². The highest BCUT2D eigenvalue weighted by atomic mass is 35.5. The number of hydrogen-bond donors (Lipinski definition) is 1. The van der Waals surface area contributed by atoms with Crippen molar-refractivity contribution in [3.63, 3.8) is 0 Å². The van der Waals surface area contributed by atoms with Gasteiger partial charge in [0.15, 0.2) is 0 Å². The summed E-state index contributed by atoms with van der Waals surface area (Å²) in [7, 11) is 0. The van der Waals surface area contributed by atoms with Crippen molar-refractivity contribution in [2.24, 2.45) is 11.8 Å². The highest BCUT2D eigenvalue weighted by Crippen LogP contribution is 2.42. The Labute approximate surface area is 187 Å². The average molecular weight is 433 g/mol. The van der Waals surface area contributed by atoms with E-state index in [1.807, 2.05) is 30.5 Å². The first-order chi connectivity index (χ1) is 15.1. The number of benzene rings is 1. The molecular formula is C25H25ClN4O. The van der Waals surface area contributed by atoms with Gasteiger partial charge in [0.1, 0.15) is 5.69 Å². The Bertz CT molecular complexity index is 1130. The first-order valence-corrected chi connectivity index (χ1v) is 11.1. The monoisotopic (exact) mass is 432 g/mol. The van der Waals surface area contributed by atoms with Crippen molar-refractivity contribution in [1.82, 2.24) is 20.2 Å². The largest absolute Gasteiger partial charge is 0.342 e. The van der Waals surface area contributed by atoms with Crippen LogP contribution in [0.2, 0.25) is 5.02 Å². The average Bonchev–Trinajstić information content (AvgIpc) is 2.82. The smallest absolute Gasteiger partial charge is 0.270 e. The van der Waals surface area contributed by atoms with Crippen molar-refractivity contribution in [3.05, 3.63) is 83.8 Å². The van der Waals surface area contributed by atoms with E-state index in [4.69, 9.17) is 11.6 Å². The number of nitrogens with zero attached hydrogens (tertiary/aromatic N) is 3. The van der Waals surface area contributed by atoms with E-state index in [9.17, 15) is 4.79 Å². The number of piperidine rings is 3. The number of fused-ring (bicyclic) bond motifs is 4. The Morgan fingerprint density at radius 2 is 2.06 bits per heavy atom. The number of rotatable bonds is 5. The first-order valence-electron chi connectivity index (χ1n) is 10.8. The summed E-state index contributed by atoms with van der Waals surface area (Å²) in [6.45, 7) is 6.08. The van der Waals surface area contributed by atoms with Crippen molar-refractivity contribution in [1.29, 1.82) is 0 Å². The van der Waals surface area contributed by atoms with Gasteiger partial charge in [-0.05, 0) is 61.1 Å². The minimum atomic E-state index is -0.212. The summed E-state index contributed by atoms with van der Waals surface area (Å²) in [5.41, 5.74) is 2.35. The predicted molar refractivity (Wildman–Crippen MR) is 123 cm³/mol. The number of nitrogens with one attached hydrogen (secondary N) is 1. The molecule has 0 aliphatic carbocycles. The number of hydrogen-bond acceptors (Lipinski definition) is 4. The molecule has 5 heterocycles. The number of para-hydroxylation sites is 1. The maximum absolute atomic E-state index is 13.2. The summed E-state index contributed by atoms with van der Waals surface area (Å²) in [6, 6.07) is 13.5. The zero-order valence-electron chi connectivity index (χ0n) is 17.2. The van der Waals surface area contributed by atoms with Crippen LogP contribution >= 0.6 is 11.6 Å². The molecule has 0 radical (unpaired) electrons. The Hall–Kier alpha value is -2.76. The highest BCUT2D eigenvalue weighted by molar-refractivity contribution is 6.30. The molecule has 6 heteroatoms. The molecule has 1 aromatic carbocycles. The van der Waals surface area contributed by atoms with Gasteiger partial charge in [-0.3, -0.25) is 19.7 Å². The van der Waals surface area contributed by atoms with Crippen LogP contribution in [0.15, 0.2) is 67.5 Å². The second-order valence-electron chi connectivity index (χ2n) is 8.47. The molecule has 6 rings (SSSR count). The summed E-state index contributed by atoms with van der Waals surface area (Å²) in [5, 5.41) is 4.87. The number of carbonyl (C=O) groups excluding carboxylic acids is 1. The van der Waals surface area contributed by atoms with Crippen LogP contribution in [0.3, 0.4) is 0 Å². The van der Waals surface area contributed by atoms with Gasteiger partial charge in [0.2, 0.25) is 0 Å². The normalized spacial score (nSPS) is 25.8. The van der Waals surface area contributed by atoms with Crippen molar-refractivity contribution in [2.45, 2.75) is 24.9 Å². The van der Waals surface area contributed by atoms with E-state index in [-0.39, 0.29) is 18.0 Å². The summed E-state index contributed by atoms with van der Waals surface area (Å²) in [6.07, 6.45) is 7.70. The number of halogens is 1. The van der Waals surface area contributed by atoms with Crippen LogP contribution in [-0.2, 0) is 0 Å². The quantitative estimate of drug-likeness (QED) is 0.596. The van der Waals surface area contributed by atoms with E-state index in [2.05, 4.69) is 38.9 Å². The molecule has 1 amide bonds. The SMILES string of the molecule is C=CC1CN2CCC1C[C@H]2[C@@H](NC(=O)c1cc(Cl)ccn1)c1ccnc2ccccc12. The van der Waals surface area contributed by atoms with Gasteiger partial charge in [0.25, 0.3) is 5.91 Å². The molecule has 31 heavy (non-hydrogen) atoms. The lowest BCUT2D eigenvalue weighted by molar-refractivity contribution is 0.00167. The Morgan fingerprint density at radius 1 is 1.23 bits per heavy atom. The summed E-state index contributed by atoms with van der Waals surface area (Å²) in [5.74, 6) is 0.908. The second-order valence-corrected chi connectivity index (χ2v) is 8.91. The van der Waals surface area contributed by atoms with Crippen molar-refractivity contribution in [2.75, 3.05) is 13.1 Å². The van der Waals surface area contributed by atoms with Crippen LogP contribution in [0.1, 0.15) is 34.9 Å². The minimum absolute atomic E-state index is 0.172. The van der Waals surface area contributed by atoms with Crippen molar-refractivity contribution >= 4 is 28.4 Å². The van der Waals surface area contributed by atoms with E-state index >= 15 is 0 Å². The molecule has 0 saturated carbocycles. The molecule has 5 nitrogen and oxygen atoms in total. The highest BCUT2D eigenvalue weighted by Gasteiger charge is 2.43. The lowest BCUT2D eigenvalue weighted by atomic mass is 9.73. The van der Waals surface area contributed by atoms with Gasteiger partial charge in [0.05, 0.1) is 11.6 Å². The number of carbonyl (C=O) groups is 1. The summed E-state index contributed by atoms with van der Waals surface area (Å²) < 4.78 is 0. The van der Waals surface area contributed by atoms with Crippen LogP contribution in [0.4, 0.5) is 0 Å². The zero-order valence-corrected chi connectivity index (χ0v) is 18.0. The molecule has 2 aromatic heterocycles. The fraction of sp³-hybridized carbons (Fsp3) is 0.320. The van der Waals surface area contributed by atoms with E-state index in [1.165, 1.54) is 6.42 Å². The minimum Gasteiger partial charge on any atom is -0.342 e. The molecule has 3 aromatic rings. The van der Waals surface area contributed by atoms with Gasteiger partial charge in [-0.15, -0.1) is 6.58 Å². The molecule has 3 fully saturated rings. The zero-order chi connectivity index (χ0) is 21.4. The van der Waals surface area contributed by atoms with Gasteiger partial charge in [-0.1, -0.05) is 35.9 Å². The van der Waals surface area contributed by atoms with Gasteiger partial charge in [-0.25, -0.2) is 0 Å². The molecule has 2 bridgehead atoms. The number of pyridine rings is 2. The Morgan fingerprint density at radius 3 is 2.84 bits per heavy atom. The first kappa shape index (κ1) is 20.2. The molecule has 5 atom stereocenters. The molecule has 3 unspecified atom stereocenters. The van der Waals surface area contributed by atoms with E-state index in [1.54, 1.807) is 18.3 Å². The maximum atomic E-state index is 13.2. The number of amides is 1. The third kappa shape index (κ3) is 3.84. The summed E-state index contributed by atoms with van der Waals surface area (Å²) >= 11 is 6.11. The lowest BCUT2D eigenvalue weighted by Gasteiger charge is -2.51. The molecule has 158 valence electrons. The standard InChI is InChI=1S/C25H25ClN4O/c1-2-16-15-30-12-9-17(16)13-23(30)24(29-25(31)22-14-18(26)7-10-28-22)20-8-11-27-21-6-4-3-5-19(20)21/h2-8,10-11,14,16-17,23-24H,1,9,12-13,15H2,(H,29,31)/t16?,17?,23-,24-/m0/s1. The fourth-order valence-corrected chi connectivity index (χ4v) is 5.40. The van der Waals surface area contributed by atoms with Gasteiger partial charge in [0, 0.05) is 35.4 Å². The van der Waals surface area contributed by atoms with E-state index in [0.29, 0.717) is 22.6 Å². The molecular weight excluding hydrogens is 408 g/mol. The maximum Gasteiger partial charge on any atom is 0.270 e. The molecule has 3 saturated heterocycles. The number of aromatic nitrogens is 2.